The SMILES string of the molecule is CCCCCCCCCCCC(=CF)CN. The summed E-state index contributed by atoms with van der Waals surface area (Å²) in [5, 5.41) is 0. The van der Waals surface area contributed by atoms with Gasteiger partial charge in [-0.05, 0) is 18.4 Å². The fourth-order valence-electron chi connectivity index (χ4n) is 1.86. The number of nitrogens with two attached hydrogens (primary N) is 1. The van der Waals surface area contributed by atoms with E-state index in [0.29, 0.717) is 12.9 Å². The van der Waals surface area contributed by atoms with Crippen molar-refractivity contribution in [1.82, 2.24) is 0 Å². The third-order valence-corrected chi connectivity index (χ3v) is 3.02. The molecule has 0 unspecified atom stereocenters. The molecule has 2 N–H and O–H groups in total. The molecule has 0 saturated heterocycles. The maximum atomic E-state index is 12.2. The monoisotopic (exact) mass is 229 g/mol. The Labute approximate surface area is 100 Å². The van der Waals surface area contributed by atoms with E-state index in [2.05, 4.69) is 6.92 Å². The molecule has 0 spiro atoms. The standard InChI is InChI=1S/C14H28FN/c1-2-3-4-5-6-7-8-9-10-11-14(12-15)13-16/h12H,2-11,13,16H2,1H3. The van der Waals surface area contributed by atoms with Gasteiger partial charge in [0, 0.05) is 6.54 Å². The maximum absolute atomic E-state index is 12.2. The summed E-state index contributed by atoms with van der Waals surface area (Å²) >= 11 is 0. The van der Waals surface area contributed by atoms with Crippen molar-refractivity contribution in [3.05, 3.63) is 11.9 Å². The highest BCUT2D eigenvalue weighted by atomic mass is 19.1. The molecule has 0 bridgehead atoms. The number of unbranched alkanes of at least 4 members (excludes halogenated alkanes) is 8. The van der Waals surface area contributed by atoms with Crippen LogP contribution in [-0.2, 0) is 0 Å². The first-order valence-corrected chi connectivity index (χ1v) is 6.83. The summed E-state index contributed by atoms with van der Waals surface area (Å²) in [4.78, 5) is 0. The first kappa shape index (κ1) is 15.6. The van der Waals surface area contributed by atoms with Crippen LogP contribution >= 0.6 is 0 Å². The molecule has 0 aromatic rings. The molecule has 0 aromatic heterocycles. The van der Waals surface area contributed by atoms with E-state index in [1.165, 1.54) is 51.4 Å². The number of rotatable bonds is 11. The van der Waals surface area contributed by atoms with Gasteiger partial charge >= 0.3 is 0 Å². The molecule has 0 atom stereocenters. The summed E-state index contributed by atoms with van der Waals surface area (Å²) in [6.45, 7) is 2.61. The summed E-state index contributed by atoms with van der Waals surface area (Å²) in [6.07, 6.45) is 13.3. The maximum Gasteiger partial charge on any atom is 0.0871 e. The van der Waals surface area contributed by atoms with Crippen molar-refractivity contribution in [3.63, 3.8) is 0 Å². The van der Waals surface area contributed by atoms with E-state index in [1.807, 2.05) is 0 Å². The van der Waals surface area contributed by atoms with Gasteiger partial charge in [-0.15, -0.1) is 0 Å². The lowest BCUT2D eigenvalue weighted by Gasteiger charge is -2.03. The van der Waals surface area contributed by atoms with E-state index in [0.717, 1.165) is 18.4 Å². The third-order valence-electron chi connectivity index (χ3n) is 3.02. The van der Waals surface area contributed by atoms with Gasteiger partial charge in [-0.3, -0.25) is 0 Å². The number of hydrogen-bond acceptors (Lipinski definition) is 1. The Morgan fingerprint density at radius 2 is 1.44 bits per heavy atom. The van der Waals surface area contributed by atoms with E-state index >= 15 is 0 Å². The summed E-state index contributed by atoms with van der Waals surface area (Å²) < 4.78 is 12.2. The summed E-state index contributed by atoms with van der Waals surface area (Å²) in [5.41, 5.74) is 6.14. The lowest BCUT2D eigenvalue weighted by atomic mass is 10.0. The van der Waals surface area contributed by atoms with Crippen LogP contribution in [0.15, 0.2) is 11.9 Å². The van der Waals surface area contributed by atoms with Crippen LogP contribution in [0.2, 0.25) is 0 Å². The van der Waals surface area contributed by atoms with Crippen molar-refractivity contribution in [2.45, 2.75) is 71.1 Å². The van der Waals surface area contributed by atoms with Crippen LogP contribution < -0.4 is 5.73 Å². The highest BCUT2D eigenvalue weighted by Crippen LogP contribution is 2.12. The molecule has 1 nitrogen and oxygen atoms in total. The van der Waals surface area contributed by atoms with E-state index in [-0.39, 0.29) is 0 Å². The number of hydrogen-bond donors (Lipinski definition) is 1. The van der Waals surface area contributed by atoms with Gasteiger partial charge in [0.25, 0.3) is 0 Å². The van der Waals surface area contributed by atoms with Crippen LogP contribution in [0.4, 0.5) is 4.39 Å². The topological polar surface area (TPSA) is 26.0 Å². The van der Waals surface area contributed by atoms with Gasteiger partial charge in [-0.2, -0.15) is 0 Å². The second-order valence-electron chi connectivity index (χ2n) is 4.55. The van der Waals surface area contributed by atoms with E-state index < -0.39 is 0 Å². The Kier molecular flexibility index (Phi) is 12.4. The van der Waals surface area contributed by atoms with Crippen molar-refractivity contribution in [2.24, 2.45) is 5.73 Å². The van der Waals surface area contributed by atoms with Crippen LogP contribution in [0.5, 0.6) is 0 Å². The van der Waals surface area contributed by atoms with E-state index in [9.17, 15) is 4.39 Å². The fraction of sp³-hybridized carbons (Fsp3) is 0.857. The Morgan fingerprint density at radius 3 is 1.88 bits per heavy atom. The molecule has 0 saturated carbocycles. The van der Waals surface area contributed by atoms with Gasteiger partial charge in [0.15, 0.2) is 0 Å². The largest absolute Gasteiger partial charge is 0.327 e. The molecule has 96 valence electrons. The molecule has 16 heavy (non-hydrogen) atoms. The van der Waals surface area contributed by atoms with Crippen molar-refractivity contribution >= 4 is 0 Å². The lowest BCUT2D eigenvalue weighted by molar-refractivity contribution is 0.562. The second kappa shape index (κ2) is 12.7. The average molecular weight is 229 g/mol. The molecule has 0 aliphatic carbocycles. The van der Waals surface area contributed by atoms with Gasteiger partial charge in [-0.25, -0.2) is 4.39 Å². The molecule has 0 heterocycles. The predicted molar refractivity (Wildman–Crippen MR) is 70.1 cm³/mol. The molecule has 0 rings (SSSR count). The molecule has 0 amide bonds. The first-order valence-electron chi connectivity index (χ1n) is 6.83. The van der Waals surface area contributed by atoms with E-state index in [1.54, 1.807) is 0 Å². The third kappa shape index (κ3) is 10.2. The summed E-state index contributed by atoms with van der Waals surface area (Å²) in [6, 6.07) is 0. The minimum Gasteiger partial charge on any atom is -0.327 e. The molecular formula is C14H28FN. The first-order chi connectivity index (χ1) is 7.85. The van der Waals surface area contributed by atoms with Gasteiger partial charge in [0.1, 0.15) is 0 Å². The zero-order chi connectivity index (χ0) is 12.1. The Balaban J connectivity index is 3.09. The molecule has 0 aliphatic rings. The smallest absolute Gasteiger partial charge is 0.0871 e. The van der Waals surface area contributed by atoms with Crippen LogP contribution in [0, 0.1) is 0 Å². The highest BCUT2D eigenvalue weighted by Gasteiger charge is 1.96. The molecular weight excluding hydrogens is 201 g/mol. The van der Waals surface area contributed by atoms with Gasteiger partial charge in [0.2, 0.25) is 0 Å². The van der Waals surface area contributed by atoms with Gasteiger partial charge in [0.05, 0.1) is 6.33 Å². The molecule has 0 aromatic carbocycles. The molecule has 2 heteroatoms. The van der Waals surface area contributed by atoms with Crippen molar-refractivity contribution in [1.29, 1.82) is 0 Å². The summed E-state index contributed by atoms with van der Waals surface area (Å²) in [5.74, 6) is 0. The Bertz CT molecular complexity index is 166. The average Bonchev–Trinajstić information content (AvgIpc) is 2.32. The van der Waals surface area contributed by atoms with Crippen molar-refractivity contribution < 1.29 is 4.39 Å². The zero-order valence-corrected chi connectivity index (χ0v) is 10.8. The fourth-order valence-corrected chi connectivity index (χ4v) is 1.86. The van der Waals surface area contributed by atoms with Gasteiger partial charge < -0.3 is 5.73 Å². The van der Waals surface area contributed by atoms with Crippen LogP contribution in [0.3, 0.4) is 0 Å². The van der Waals surface area contributed by atoms with Crippen LogP contribution in [-0.4, -0.2) is 6.54 Å². The Morgan fingerprint density at radius 1 is 0.938 bits per heavy atom. The Hall–Kier alpha value is -0.370. The molecule has 0 radical (unpaired) electrons. The molecule has 0 aliphatic heterocycles. The second-order valence-corrected chi connectivity index (χ2v) is 4.55. The van der Waals surface area contributed by atoms with E-state index in [4.69, 9.17) is 5.73 Å². The van der Waals surface area contributed by atoms with Gasteiger partial charge in [-0.1, -0.05) is 58.3 Å². The predicted octanol–water partition coefficient (Wildman–Crippen LogP) is 4.72. The quantitative estimate of drug-likeness (QED) is 0.510. The van der Waals surface area contributed by atoms with Crippen LogP contribution in [0.1, 0.15) is 71.1 Å². The van der Waals surface area contributed by atoms with Crippen molar-refractivity contribution in [2.75, 3.05) is 6.54 Å². The number of halogens is 1. The van der Waals surface area contributed by atoms with Crippen LogP contribution in [0.25, 0.3) is 0 Å². The highest BCUT2D eigenvalue weighted by molar-refractivity contribution is 4.98. The van der Waals surface area contributed by atoms with Crippen molar-refractivity contribution in [3.8, 4) is 0 Å². The minimum atomic E-state index is 0.369. The molecule has 0 fully saturated rings. The summed E-state index contributed by atoms with van der Waals surface area (Å²) in [7, 11) is 0. The lowest BCUT2D eigenvalue weighted by Crippen LogP contribution is -2.02. The normalized spacial score (nSPS) is 12.1. The zero-order valence-electron chi connectivity index (χ0n) is 10.8. The minimum absolute atomic E-state index is 0.369.